The largest absolute Gasteiger partial charge is 0.352 e. The molecule has 0 aliphatic heterocycles. The minimum Gasteiger partial charge on any atom is -0.352 e. The number of halogens is 3. The molecular weight excluding hydrogens is 617 g/mol. The van der Waals surface area contributed by atoms with Crippen LogP contribution in [-0.2, 0) is 32.6 Å². The second-order valence-corrected chi connectivity index (χ2v) is 13.8. The molecule has 1 saturated carbocycles. The van der Waals surface area contributed by atoms with Crippen molar-refractivity contribution in [2.24, 2.45) is 0 Å². The molecule has 42 heavy (non-hydrogen) atoms. The molecule has 1 fully saturated rings. The zero-order valence-corrected chi connectivity index (χ0v) is 26.4. The van der Waals surface area contributed by atoms with Gasteiger partial charge in [-0.15, -0.1) is 0 Å². The van der Waals surface area contributed by atoms with E-state index < -0.39 is 28.5 Å². The molecular formula is C31H34Cl3N3O4S. The van der Waals surface area contributed by atoms with Gasteiger partial charge in [0.25, 0.3) is 0 Å². The number of likely N-dealkylation sites (N-methyl/N-ethyl adjacent to an activating group) is 1. The average molecular weight is 651 g/mol. The Balaban J connectivity index is 1.67. The fourth-order valence-corrected chi connectivity index (χ4v) is 6.65. The summed E-state index contributed by atoms with van der Waals surface area (Å²) in [5.74, 6) is -0.803. The molecule has 0 spiro atoms. The molecule has 3 aromatic carbocycles. The van der Waals surface area contributed by atoms with Crippen LogP contribution in [0, 0.1) is 0 Å². The molecule has 0 radical (unpaired) electrons. The van der Waals surface area contributed by atoms with Crippen LogP contribution < -0.4 is 5.32 Å². The molecule has 11 heteroatoms. The monoisotopic (exact) mass is 649 g/mol. The Bertz CT molecular complexity index is 1480. The van der Waals surface area contributed by atoms with Crippen LogP contribution >= 0.6 is 34.8 Å². The number of benzene rings is 3. The van der Waals surface area contributed by atoms with E-state index in [2.05, 4.69) is 5.32 Å². The highest BCUT2D eigenvalue weighted by atomic mass is 35.5. The van der Waals surface area contributed by atoms with Gasteiger partial charge >= 0.3 is 0 Å². The molecule has 1 atom stereocenters. The molecule has 2 amide bonds. The number of hydrogen-bond donors (Lipinski definition) is 1. The predicted molar refractivity (Wildman–Crippen MR) is 167 cm³/mol. The molecule has 1 aliphatic carbocycles. The van der Waals surface area contributed by atoms with Crippen molar-refractivity contribution in [3.63, 3.8) is 0 Å². The second-order valence-electron chi connectivity index (χ2n) is 10.5. The second kappa shape index (κ2) is 14.7. The number of carbonyl (C=O) groups excluding carboxylic acids is 2. The number of hydrogen-bond acceptors (Lipinski definition) is 4. The van der Waals surface area contributed by atoms with Crippen molar-refractivity contribution in [1.29, 1.82) is 0 Å². The third-order valence-corrected chi connectivity index (χ3v) is 10.2. The highest BCUT2D eigenvalue weighted by molar-refractivity contribution is 7.89. The van der Waals surface area contributed by atoms with E-state index in [-0.39, 0.29) is 29.8 Å². The Labute approximate surface area is 262 Å². The highest BCUT2D eigenvalue weighted by Crippen LogP contribution is 2.25. The Morgan fingerprint density at radius 2 is 1.55 bits per heavy atom. The van der Waals surface area contributed by atoms with Crippen LogP contribution in [0.4, 0.5) is 0 Å². The average Bonchev–Trinajstić information content (AvgIpc) is 2.98. The maximum absolute atomic E-state index is 14.0. The van der Waals surface area contributed by atoms with Gasteiger partial charge in [0, 0.05) is 31.1 Å². The first-order valence-corrected chi connectivity index (χ1v) is 16.4. The maximum Gasteiger partial charge on any atom is 0.243 e. The van der Waals surface area contributed by atoms with Crippen LogP contribution in [0.1, 0.15) is 43.2 Å². The zero-order chi connectivity index (χ0) is 30.3. The van der Waals surface area contributed by atoms with Gasteiger partial charge in [0.1, 0.15) is 6.04 Å². The van der Waals surface area contributed by atoms with Crippen LogP contribution in [0.25, 0.3) is 0 Å². The molecule has 1 aliphatic rings. The van der Waals surface area contributed by atoms with E-state index in [1.807, 2.05) is 30.3 Å². The van der Waals surface area contributed by atoms with Gasteiger partial charge in [-0.1, -0.05) is 90.5 Å². The van der Waals surface area contributed by atoms with E-state index in [9.17, 15) is 18.0 Å². The normalized spacial score (nSPS) is 14.9. The topological polar surface area (TPSA) is 86.8 Å². The summed E-state index contributed by atoms with van der Waals surface area (Å²) < 4.78 is 27.6. The standard InChI is InChI=1S/C31H34Cl3N3O4S/c1-36(42(40,41)26-15-13-24(32)14-16-26)21-30(38)37(20-23-12-17-27(33)28(34)18-23)29(19-22-8-4-2-5-9-22)31(39)35-25-10-6-3-7-11-25/h2,4-5,8-9,12-18,25,29H,3,6-7,10-11,19-21H2,1H3,(H,35,39)/t29-/m0/s1. The number of sulfonamides is 1. The lowest BCUT2D eigenvalue weighted by Gasteiger charge is -2.34. The summed E-state index contributed by atoms with van der Waals surface area (Å²) in [6, 6.07) is 19.3. The smallest absolute Gasteiger partial charge is 0.243 e. The van der Waals surface area contributed by atoms with E-state index in [0.717, 1.165) is 42.0 Å². The maximum atomic E-state index is 14.0. The van der Waals surface area contributed by atoms with Crippen molar-refractivity contribution in [3.05, 3.63) is 99.0 Å². The molecule has 0 aromatic heterocycles. The van der Waals surface area contributed by atoms with E-state index in [4.69, 9.17) is 34.8 Å². The molecule has 1 N–H and O–H groups in total. The van der Waals surface area contributed by atoms with Crippen molar-refractivity contribution >= 4 is 56.6 Å². The van der Waals surface area contributed by atoms with Crippen LogP contribution in [0.3, 0.4) is 0 Å². The fraction of sp³-hybridized carbons (Fsp3) is 0.355. The number of nitrogens with zero attached hydrogens (tertiary/aromatic N) is 2. The first-order chi connectivity index (χ1) is 20.0. The molecule has 4 rings (SSSR count). The van der Waals surface area contributed by atoms with Crippen molar-refractivity contribution in [1.82, 2.24) is 14.5 Å². The minimum absolute atomic E-state index is 0.00844. The van der Waals surface area contributed by atoms with Crippen molar-refractivity contribution in [2.45, 2.75) is 62.0 Å². The van der Waals surface area contributed by atoms with E-state index in [1.165, 1.54) is 36.2 Å². The fourth-order valence-electron chi connectivity index (χ4n) is 5.09. The molecule has 0 saturated heterocycles. The van der Waals surface area contributed by atoms with Gasteiger partial charge in [-0.3, -0.25) is 9.59 Å². The zero-order valence-electron chi connectivity index (χ0n) is 23.3. The molecule has 3 aromatic rings. The van der Waals surface area contributed by atoms with E-state index in [0.29, 0.717) is 20.6 Å². The highest BCUT2D eigenvalue weighted by Gasteiger charge is 2.34. The Hall–Kier alpha value is -2.62. The molecule has 7 nitrogen and oxygen atoms in total. The van der Waals surface area contributed by atoms with Gasteiger partial charge in [0.2, 0.25) is 21.8 Å². The van der Waals surface area contributed by atoms with E-state index >= 15 is 0 Å². The van der Waals surface area contributed by atoms with Crippen molar-refractivity contribution < 1.29 is 18.0 Å². The quantitative estimate of drug-likeness (QED) is 0.262. The lowest BCUT2D eigenvalue weighted by atomic mass is 9.94. The van der Waals surface area contributed by atoms with Gasteiger partial charge in [0.05, 0.1) is 21.5 Å². The summed E-state index contributed by atoms with van der Waals surface area (Å²) in [6.07, 6.45) is 5.22. The molecule has 0 bridgehead atoms. The number of nitrogens with one attached hydrogen (secondary N) is 1. The number of carbonyl (C=O) groups is 2. The first-order valence-electron chi connectivity index (χ1n) is 13.8. The molecule has 224 valence electrons. The molecule has 0 unspecified atom stereocenters. The summed E-state index contributed by atoms with van der Waals surface area (Å²) >= 11 is 18.4. The third kappa shape index (κ3) is 8.48. The third-order valence-electron chi connectivity index (χ3n) is 7.44. The Morgan fingerprint density at radius 3 is 2.19 bits per heavy atom. The van der Waals surface area contributed by atoms with Crippen LogP contribution in [0.2, 0.25) is 15.1 Å². The van der Waals surface area contributed by atoms with Crippen molar-refractivity contribution in [2.75, 3.05) is 13.6 Å². The van der Waals surface area contributed by atoms with Gasteiger partial charge in [-0.25, -0.2) is 8.42 Å². The summed E-state index contributed by atoms with van der Waals surface area (Å²) in [5.41, 5.74) is 1.53. The molecule has 0 heterocycles. The van der Waals surface area contributed by atoms with Crippen LogP contribution in [0.5, 0.6) is 0 Å². The summed E-state index contributed by atoms with van der Waals surface area (Å²) in [5, 5.41) is 4.25. The van der Waals surface area contributed by atoms with Crippen LogP contribution in [0.15, 0.2) is 77.7 Å². The lowest BCUT2D eigenvalue weighted by molar-refractivity contribution is -0.141. The van der Waals surface area contributed by atoms with Gasteiger partial charge in [-0.2, -0.15) is 4.31 Å². The Kier molecular flexibility index (Phi) is 11.3. The summed E-state index contributed by atoms with van der Waals surface area (Å²) in [6.45, 7) is -0.450. The summed E-state index contributed by atoms with van der Waals surface area (Å²) in [4.78, 5) is 29.4. The SMILES string of the molecule is CN(CC(=O)N(Cc1ccc(Cl)c(Cl)c1)[C@@H](Cc1ccccc1)C(=O)NC1CCCCC1)S(=O)(=O)c1ccc(Cl)cc1. The lowest BCUT2D eigenvalue weighted by Crippen LogP contribution is -2.54. The van der Waals surface area contributed by atoms with Gasteiger partial charge in [-0.05, 0) is 60.4 Å². The predicted octanol–water partition coefficient (Wildman–Crippen LogP) is 6.36. The van der Waals surface area contributed by atoms with Gasteiger partial charge < -0.3 is 10.2 Å². The first kappa shape index (κ1) is 32.3. The number of rotatable bonds is 11. The van der Waals surface area contributed by atoms with Crippen LogP contribution in [-0.4, -0.2) is 55.1 Å². The van der Waals surface area contributed by atoms with Gasteiger partial charge in [0.15, 0.2) is 0 Å². The Morgan fingerprint density at radius 1 is 0.881 bits per heavy atom. The minimum atomic E-state index is -4.01. The summed E-state index contributed by atoms with van der Waals surface area (Å²) in [7, 11) is -2.67. The van der Waals surface area contributed by atoms with E-state index in [1.54, 1.807) is 18.2 Å². The van der Waals surface area contributed by atoms with Crippen molar-refractivity contribution in [3.8, 4) is 0 Å². The number of amides is 2.